The Kier molecular flexibility index (Phi) is 5.62. The topological polar surface area (TPSA) is 99.4 Å². The molecule has 0 amide bonds. The number of imidazole rings is 1. The number of benzene rings is 2. The van der Waals surface area contributed by atoms with Crippen molar-refractivity contribution >= 4 is 28.7 Å². The van der Waals surface area contributed by atoms with Gasteiger partial charge in [-0.05, 0) is 29.8 Å². The zero-order chi connectivity index (χ0) is 21.1. The van der Waals surface area contributed by atoms with Gasteiger partial charge in [0.25, 0.3) is 0 Å². The SMILES string of the molecule is COC(=O)CC(c1ccc(OCc2nccn2C)cc1)c1c(O)ccc2nsnc12. The minimum Gasteiger partial charge on any atom is -0.508 e. The quantitative estimate of drug-likeness (QED) is 0.454. The van der Waals surface area contributed by atoms with Crippen LogP contribution in [0, 0.1) is 0 Å². The summed E-state index contributed by atoms with van der Waals surface area (Å²) in [6.07, 6.45) is 3.65. The predicted molar refractivity (Wildman–Crippen MR) is 112 cm³/mol. The maximum atomic E-state index is 12.1. The second-order valence-electron chi connectivity index (χ2n) is 6.78. The summed E-state index contributed by atoms with van der Waals surface area (Å²) in [6, 6.07) is 10.7. The molecule has 154 valence electrons. The minimum absolute atomic E-state index is 0.0637. The van der Waals surface area contributed by atoms with E-state index >= 15 is 0 Å². The van der Waals surface area contributed by atoms with E-state index in [4.69, 9.17) is 9.47 Å². The van der Waals surface area contributed by atoms with E-state index in [2.05, 4.69) is 13.7 Å². The second-order valence-corrected chi connectivity index (χ2v) is 7.30. The number of phenolic OH excluding ortho intramolecular Hbond substituents is 1. The molecule has 0 aliphatic rings. The third-order valence-corrected chi connectivity index (χ3v) is 5.50. The summed E-state index contributed by atoms with van der Waals surface area (Å²) in [6.45, 7) is 0.346. The van der Waals surface area contributed by atoms with Crippen molar-refractivity contribution in [3.05, 3.63) is 65.7 Å². The molecule has 1 N–H and O–H groups in total. The lowest BCUT2D eigenvalue weighted by molar-refractivity contribution is -0.140. The number of rotatable bonds is 7. The molecule has 1 unspecified atom stereocenters. The van der Waals surface area contributed by atoms with Crippen molar-refractivity contribution in [2.45, 2.75) is 18.9 Å². The lowest BCUT2D eigenvalue weighted by atomic mass is 9.87. The largest absolute Gasteiger partial charge is 0.508 e. The van der Waals surface area contributed by atoms with Crippen LogP contribution in [0.1, 0.15) is 29.3 Å². The second kappa shape index (κ2) is 8.50. The Labute approximate surface area is 177 Å². The van der Waals surface area contributed by atoms with E-state index in [9.17, 15) is 9.90 Å². The fraction of sp³-hybridized carbons (Fsp3) is 0.238. The highest BCUT2D eigenvalue weighted by molar-refractivity contribution is 7.00. The van der Waals surface area contributed by atoms with Crippen LogP contribution in [0.2, 0.25) is 0 Å². The van der Waals surface area contributed by atoms with Crippen molar-refractivity contribution < 1.29 is 19.4 Å². The number of nitrogens with zero attached hydrogens (tertiary/aromatic N) is 4. The number of aromatic nitrogens is 4. The first-order chi connectivity index (χ1) is 14.6. The van der Waals surface area contributed by atoms with Gasteiger partial charge < -0.3 is 19.1 Å². The first-order valence-corrected chi connectivity index (χ1v) is 9.99. The number of carbonyl (C=O) groups is 1. The van der Waals surface area contributed by atoms with Crippen molar-refractivity contribution in [2.75, 3.05) is 7.11 Å². The molecule has 4 aromatic rings. The molecule has 2 aromatic carbocycles. The van der Waals surface area contributed by atoms with Crippen LogP contribution in [-0.2, 0) is 23.2 Å². The van der Waals surface area contributed by atoms with E-state index in [1.165, 1.54) is 7.11 Å². The van der Waals surface area contributed by atoms with Gasteiger partial charge in [0.1, 0.15) is 35.0 Å². The van der Waals surface area contributed by atoms with E-state index in [1.54, 1.807) is 18.3 Å². The van der Waals surface area contributed by atoms with Gasteiger partial charge in [0.05, 0.1) is 25.3 Å². The van der Waals surface area contributed by atoms with E-state index in [0.717, 1.165) is 23.1 Å². The Morgan fingerprint density at radius 3 is 2.70 bits per heavy atom. The average Bonchev–Trinajstić information content (AvgIpc) is 3.40. The minimum atomic E-state index is -0.436. The van der Waals surface area contributed by atoms with Gasteiger partial charge in [-0.2, -0.15) is 8.75 Å². The van der Waals surface area contributed by atoms with E-state index < -0.39 is 5.92 Å². The number of phenols is 1. The Hall–Kier alpha value is -3.46. The molecule has 2 aromatic heterocycles. The summed E-state index contributed by atoms with van der Waals surface area (Å²) in [7, 11) is 3.26. The first kappa shape index (κ1) is 19.8. The molecule has 8 nitrogen and oxygen atoms in total. The van der Waals surface area contributed by atoms with Gasteiger partial charge in [0.2, 0.25) is 0 Å². The zero-order valence-corrected chi connectivity index (χ0v) is 17.3. The molecular weight excluding hydrogens is 404 g/mol. The summed E-state index contributed by atoms with van der Waals surface area (Å²) in [5.74, 6) is 0.745. The first-order valence-electron chi connectivity index (χ1n) is 9.26. The van der Waals surface area contributed by atoms with Gasteiger partial charge in [-0.1, -0.05) is 12.1 Å². The van der Waals surface area contributed by atoms with Crippen LogP contribution >= 0.6 is 11.7 Å². The van der Waals surface area contributed by atoms with Crippen LogP contribution < -0.4 is 4.74 Å². The number of hydrogen-bond donors (Lipinski definition) is 1. The number of aryl methyl sites for hydroxylation is 1. The van der Waals surface area contributed by atoms with Gasteiger partial charge in [0, 0.05) is 30.9 Å². The number of esters is 1. The van der Waals surface area contributed by atoms with Gasteiger partial charge in [-0.3, -0.25) is 4.79 Å². The molecule has 4 rings (SSSR count). The molecule has 2 heterocycles. The summed E-state index contributed by atoms with van der Waals surface area (Å²) in [5.41, 5.74) is 2.66. The number of methoxy groups -OCH3 is 1. The molecule has 9 heteroatoms. The summed E-state index contributed by atoms with van der Waals surface area (Å²) in [5, 5.41) is 10.6. The maximum absolute atomic E-state index is 12.1. The van der Waals surface area contributed by atoms with Crippen molar-refractivity contribution in [1.29, 1.82) is 0 Å². The Morgan fingerprint density at radius 2 is 2.00 bits per heavy atom. The Balaban J connectivity index is 1.64. The third-order valence-electron chi connectivity index (χ3n) is 4.96. The van der Waals surface area contributed by atoms with E-state index in [1.807, 2.05) is 42.1 Å². The van der Waals surface area contributed by atoms with Crippen LogP contribution in [0.25, 0.3) is 11.0 Å². The molecule has 0 aliphatic heterocycles. The Morgan fingerprint density at radius 1 is 1.20 bits per heavy atom. The zero-order valence-electron chi connectivity index (χ0n) is 16.5. The van der Waals surface area contributed by atoms with Crippen molar-refractivity contribution in [2.24, 2.45) is 7.05 Å². The average molecular weight is 424 g/mol. The van der Waals surface area contributed by atoms with Crippen molar-refractivity contribution in [1.82, 2.24) is 18.3 Å². The molecule has 0 saturated heterocycles. The molecule has 0 aliphatic carbocycles. The van der Waals surface area contributed by atoms with Gasteiger partial charge >= 0.3 is 5.97 Å². The van der Waals surface area contributed by atoms with Crippen LogP contribution in [0.4, 0.5) is 0 Å². The highest BCUT2D eigenvalue weighted by Gasteiger charge is 2.25. The normalized spacial score (nSPS) is 12.1. The van der Waals surface area contributed by atoms with Gasteiger partial charge in [-0.25, -0.2) is 4.98 Å². The van der Waals surface area contributed by atoms with Crippen LogP contribution in [-0.4, -0.2) is 36.5 Å². The lowest BCUT2D eigenvalue weighted by Gasteiger charge is -2.19. The number of ether oxygens (including phenoxy) is 2. The number of hydrogen-bond acceptors (Lipinski definition) is 8. The van der Waals surface area contributed by atoms with Crippen LogP contribution in [0.5, 0.6) is 11.5 Å². The molecule has 0 bridgehead atoms. The van der Waals surface area contributed by atoms with Crippen LogP contribution in [0.3, 0.4) is 0 Å². The number of carbonyl (C=O) groups excluding carboxylic acids is 1. The maximum Gasteiger partial charge on any atom is 0.306 e. The molecule has 0 fully saturated rings. The predicted octanol–water partition coefficient (Wildman–Crippen LogP) is 3.40. The standard InChI is InChI=1S/C21H20N4O4S/c1-25-10-9-22-18(25)12-29-14-5-3-13(4-6-14)15(11-19(27)28-2)20-17(26)8-7-16-21(20)24-30-23-16/h3-10,15,26H,11-12H2,1-2H3. The Bertz CT molecular complexity index is 1170. The fourth-order valence-corrected chi connectivity index (χ4v) is 3.87. The smallest absolute Gasteiger partial charge is 0.306 e. The van der Waals surface area contributed by atoms with Crippen molar-refractivity contribution in [3.63, 3.8) is 0 Å². The summed E-state index contributed by atoms with van der Waals surface area (Å²) < 4.78 is 21.2. The number of fused-ring (bicyclic) bond motifs is 1. The molecule has 30 heavy (non-hydrogen) atoms. The van der Waals surface area contributed by atoms with Gasteiger partial charge in [0.15, 0.2) is 0 Å². The molecule has 0 saturated carbocycles. The van der Waals surface area contributed by atoms with E-state index in [-0.39, 0.29) is 18.1 Å². The number of aromatic hydroxyl groups is 1. The van der Waals surface area contributed by atoms with Gasteiger partial charge in [-0.15, -0.1) is 0 Å². The monoisotopic (exact) mass is 424 g/mol. The molecule has 0 radical (unpaired) electrons. The lowest BCUT2D eigenvalue weighted by Crippen LogP contribution is -2.11. The van der Waals surface area contributed by atoms with Crippen LogP contribution in [0.15, 0.2) is 48.8 Å². The highest BCUT2D eigenvalue weighted by Crippen LogP contribution is 2.39. The van der Waals surface area contributed by atoms with E-state index in [0.29, 0.717) is 29.0 Å². The fourth-order valence-electron chi connectivity index (χ4n) is 3.32. The van der Waals surface area contributed by atoms with Crippen molar-refractivity contribution in [3.8, 4) is 11.5 Å². The molecular formula is C21H20N4O4S. The summed E-state index contributed by atoms with van der Waals surface area (Å²) >= 11 is 1.07. The summed E-state index contributed by atoms with van der Waals surface area (Å²) in [4.78, 5) is 16.4. The highest BCUT2D eigenvalue weighted by atomic mass is 32.1. The third kappa shape index (κ3) is 3.97. The molecule has 0 spiro atoms. The molecule has 1 atom stereocenters.